The molecule has 0 bridgehead atoms. The van der Waals surface area contributed by atoms with E-state index in [1.165, 1.54) is 12.3 Å². The molecule has 44 heavy (non-hydrogen) atoms. The van der Waals surface area contributed by atoms with Crippen molar-refractivity contribution in [3.05, 3.63) is 94.7 Å². The average Bonchev–Trinajstić information content (AvgIpc) is 3.52. The summed E-state index contributed by atoms with van der Waals surface area (Å²) in [6.07, 6.45) is 5.34. The highest BCUT2D eigenvalue weighted by Crippen LogP contribution is 2.39. The summed E-state index contributed by atoms with van der Waals surface area (Å²) in [7, 11) is 3.85. The molecule has 2 heterocycles. The van der Waals surface area contributed by atoms with Crippen LogP contribution >= 0.6 is 11.6 Å². The molecular weight excluding hydrogens is 578 g/mol. The van der Waals surface area contributed by atoms with Gasteiger partial charge in [0.25, 0.3) is 0 Å². The number of carbonyl (C=O) groups excluding carboxylic acids is 1. The molecule has 9 nitrogen and oxygen atoms in total. The van der Waals surface area contributed by atoms with E-state index >= 15 is 0 Å². The number of pyridine rings is 1. The number of aromatic nitrogens is 1. The largest absolute Gasteiger partial charge is 0.487 e. The van der Waals surface area contributed by atoms with E-state index in [4.69, 9.17) is 25.8 Å². The fourth-order valence-electron chi connectivity index (χ4n) is 4.77. The Labute approximate surface area is 262 Å². The number of rotatable bonds is 11. The van der Waals surface area contributed by atoms with Crippen molar-refractivity contribution in [2.45, 2.75) is 26.1 Å². The minimum absolute atomic E-state index is 0.142. The first kappa shape index (κ1) is 30.8. The third-order valence-electron chi connectivity index (χ3n) is 7.14. The number of amides is 1. The van der Waals surface area contributed by atoms with Crippen molar-refractivity contribution < 1.29 is 19.0 Å². The van der Waals surface area contributed by atoms with Gasteiger partial charge in [0.2, 0.25) is 5.91 Å². The summed E-state index contributed by atoms with van der Waals surface area (Å²) in [6.45, 7) is 4.12. The second-order valence-electron chi connectivity index (χ2n) is 10.7. The topological polar surface area (TPSA) is 109 Å². The monoisotopic (exact) mass is 611 g/mol. The Hall–Kier alpha value is -4.62. The van der Waals surface area contributed by atoms with Gasteiger partial charge in [0.15, 0.2) is 0 Å². The Bertz CT molecular complexity index is 1730. The quantitative estimate of drug-likeness (QED) is 0.182. The normalized spacial score (nSPS) is 14.6. The van der Waals surface area contributed by atoms with E-state index in [1.807, 2.05) is 62.3 Å². The number of halogens is 1. The molecule has 0 saturated carbocycles. The van der Waals surface area contributed by atoms with Crippen molar-refractivity contribution in [1.82, 2.24) is 9.88 Å². The van der Waals surface area contributed by atoms with Gasteiger partial charge >= 0.3 is 0 Å². The number of nitrogens with one attached hydrogen (secondary N) is 2. The zero-order valence-electron chi connectivity index (χ0n) is 24.9. The van der Waals surface area contributed by atoms with Crippen molar-refractivity contribution in [2.24, 2.45) is 0 Å². The Kier molecular flexibility index (Phi) is 9.97. The molecule has 1 aromatic heterocycles. The third-order valence-corrected chi connectivity index (χ3v) is 7.43. The Morgan fingerprint density at radius 2 is 2.00 bits per heavy atom. The minimum Gasteiger partial charge on any atom is -0.487 e. The van der Waals surface area contributed by atoms with Gasteiger partial charge in [0, 0.05) is 36.3 Å². The lowest BCUT2D eigenvalue weighted by Crippen LogP contribution is -2.18. The fraction of sp³-hybridized carbons (Fsp3) is 0.265. The summed E-state index contributed by atoms with van der Waals surface area (Å²) in [5.74, 6) is 0.704. The van der Waals surface area contributed by atoms with Gasteiger partial charge in [-0.25, -0.2) is 0 Å². The highest BCUT2D eigenvalue weighted by atomic mass is 35.5. The lowest BCUT2D eigenvalue weighted by atomic mass is 10.1. The molecule has 3 aromatic carbocycles. The van der Waals surface area contributed by atoms with Crippen LogP contribution in [-0.2, 0) is 16.1 Å². The summed E-state index contributed by atoms with van der Waals surface area (Å²) >= 11 is 6.61. The van der Waals surface area contributed by atoms with Crippen molar-refractivity contribution in [1.29, 1.82) is 5.26 Å². The van der Waals surface area contributed by atoms with E-state index in [1.54, 1.807) is 24.3 Å². The number of nitriles is 1. The highest BCUT2D eigenvalue weighted by Gasteiger charge is 2.22. The number of hydrogen-bond acceptors (Lipinski definition) is 8. The van der Waals surface area contributed by atoms with E-state index in [0.29, 0.717) is 76.4 Å². The maximum Gasteiger partial charge on any atom is 0.248 e. The molecule has 10 heteroatoms. The molecule has 5 rings (SSSR count). The first-order valence-corrected chi connectivity index (χ1v) is 14.7. The summed E-state index contributed by atoms with van der Waals surface area (Å²) in [6, 6.07) is 19.2. The zero-order chi connectivity index (χ0) is 31.1. The van der Waals surface area contributed by atoms with Gasteiger partial charge in [-0.15, -0.1) is 0 Å². The van der Waals surface area contributed by atoms with Crippen molar-refractivity contribution in [3.63, 3.8) is 0 Å². The van der Waals surface area contributed by atoms with E-state index in [-0.39, 0.29) is 12.0 Å². The molecule has 0 unspecified atom stereocenters. The van der Waals surface area contributed by atoms with Crippen LogP contribution in [0.3, 0.4) is 0 Å². The molecule has 1 aliphatic heterocycles. The molecule has 4 aromatic rings. The number of anilines is 3. The van der Waals surface area contributed by atoms with E-state index < -0.39 is 0 Å². The summed E-state index contributed by atoms with van der Waals surface area (Å²) in [5.41, 5.74) is 4.61. The van der Waals surface area contributed by atoms with Gasteiger partial charge in [-0.05, 0) is 62.5 Å². The number of hydrogen-bond donors (Lipinski definition) is 2. The number of fused-ring (bicyclic) bond motifs is 1. The van der Waals surface area contributed by atoms with E-state index in [0.717, 1.165) is 17.5 Å². The molecule has 1 saturated heterocycles. The minimum atomic E-state index is -0.319. The second kappa shape index (κ2) is 14.2. The molecule has 1 atom stereocenters. The van der Waals surface area contributed by atoms with Gasteiger partial charge in [-0.2, -0.15) is 5.26 Å². The smallest absolute Gasteiger partial charge is 0.248 e. The SMILES string of the molecule is Cc1ccccc1COc1ccc(Nc2c(C#N)cnc3c(NC(=O)/C=C/CN(C)C)c(O[C@H]4CCOC4)ccc23)cc1Cl. The van der Waals surface area contributed by atoms with Crippen LogP contribution in [0.15, 0.2) is 72.9 Å². The molecule has 1 aliphatic rings. The maximum absolute atomic E-state index is 12.9. The Balaban J connectivity index is 1.46. The van der Waals surface area contributed by atoms with E-state index in [9.17, 15) is 10.1 Å². The van der Waals surface area contributed by atoms with Gasteiger partial charge in [-0.3, -0.25) is 9.78 Å². The molecule has 1 amide bonds. The number of ether oxygens (including phenoxy) is 3. The number of benzene rings is 3. The predicted molar refractivity (Wildman–Crippen MR) is 173 cm³/mol. The van der Waals surface area contributed by atoms with Crippen LogP contribution in [0.25, 0.3) is 10.9 Å². The van der Waals surface area contributed by atoms with Crippen molar-refractivity contribution in [2.75, 3.05) is 44.5 Å². The van der Waals surface area contributed by atoms with Crippen LogP contribution < -0.4 is 20.1 Å². The lowest BCUT2D eigenvalue weighted by molar-refractivity contribution is -0.111. The first-order valence-electron chi connectivity index (χ1n) is 14.3. The highest BCUT2D eigenvalue weighted by molar-refractivity contribution is 6.32. The Morgan fingerprint density at radius 3 is 2.73 bits per heavy atom. The van der Waals surface area contributed by atoms with Gasteiger partial charge in [0.05, 0.1) is 35.0 Å². The molecule has 0 aliphatic carbocycles. The number of aryl methyl sites for hydroxylation is 1. The fourth-order valence-corrected chi connectivity index (χ4v) is 5.01. The zero-order valence-corrected chi connectivity index (χ0v) is 25.6. The van der Waals surface area contributed by atoms with Crippen LogP contribution in [0.1, 0.15) is 23.1 Å². The number of carbonyl (C=O) groups is 1. The van der Waals surface area contributed by atoms with Gasteiger partial charge < -0.3 is 29.7 Å². The predicted octanol–water partition coefficient (Wildman–Crippen LogP) is 6.61. The van der Waals surface area contributed by atoms with Gasteiger partial charge in [-0.1, -0.05) is 41.9 Å². The van der Waals surface area contributed by atoms with Crippen LogP contribution in [0.4, 0.5) is 17.1 Å². The first-order chi connectivity index (χ1) is 21.3. The molecule has 0 spiro atoms. The number of likely N-dealkylation sites (N-methyl/N-ethyl adjacent to an activating group) is 1. The van der Waals surface area contributed by atoms with Crippen LogP contribution in [0, 0.1) is 18.3 Å². The summed E-state index contributed by atoms with van der Waals surface area (Å²) in [4.78, 5) is 19.5. The Morgan fingerprint density at radius 1 is 1.18 bits per heavy atom. The van der Waals surface area contributed by atoms with Crippen LogP contribution in [0.5, 0.6) is 11.5 Å². The summed E-state index contributed by atoms with van der Waals surface area (Å²) in [5, 5.41) is 17.3. The van der Waals surface area contributed by atoms with Crippen LogP contribution in [-0.4, -0.2) is 55.7 Å². The summed E-state index contributed by atoms with van der Waals surface area (Å²) < 4.78 is 17.7. The van der Waals surface area contributed by atoms with Crippen molar-refractivity contribution in [3.8, 4) is 17.6 Å². The number of nitrogens with zero attached hydrogens (tertiary/aromatic N) is 3. The lowest BCUT2D eigenvalue weighted by Gasteiger charge is -2.19. The molecular formula is C34H34ClN5O4. The standard InChI is InChI=1S/C34H34ClN5O4/c1-22-7-4-5-8-23(22)20-43-29-12-10-25(17-28(29)35)38-32-24(18-36)19-37-33-27(32)11-13-30(44-26-14-16-42-21-26)34(33)39-31(41)9-6-15-40(2)3/h4-13,17,19,26H,14-16,20-21H2,1-3H3,(H,37,38)(H,39,41)/b9-6+/t26-/m0/s1. The maximum atomic E-state index is 12.9. The third kappa shape index (κ3) is 7.47. The van der Waals surface area contributed by atoms with Crippen molar-refractivity contribution >= 4 is 45.5 Å². The van der Waals surface area contributed by atoms with E-state index in [2.05, 4.69) is 21.7 Å². The van der Waals surface area contributed by atoms with Gasteiger partial charge in [0.1, 0.15) is 36.0 Å². The molecule has 2 N–H and O–H groups in total. The molecule has 1 fully saturated rings. The van der Waals surface area contributed by atoms with Crippen LogP contribution in [0.2, 0.25) is 5.02 Å². The second-order valence-corrected chi connectivity index (χ2v) is 11.1. The molecule has 0 radical (unpaired) electrons. The average molecular weight is 612 g/mol. The molecule has 226 valence electrons.